The molecular weight excluding hydrogens is 358 g/mol. The van der Waals surface area contributed by atoms with E-state index >= 15 is 0 Å². The molecule has 1 saturated carbocycles. The molecule has 1 aliphatic rings. The SMILES string of the molecule is Cc1ccc([N+](=O)[O-])c(NC2CCC(C(=O)NC(C)C)CC2)c1.O=S=O. The van der Waals surface area contributed by atoms with Crippen LogP contribution in [0.1, 0.15) is 45.1 Å². The van der Waals surface area contributed by atoms with Crippen LogP contribution in [0.2, 0.25) is 0 Å². The highest BCUT2D eigenvalue weighted by atomic mass is 32.1. The maximum absolute atomic E-state index is 12.0. The van der Waals surface area contributed by atoms with Gasteiger partial charge in [-0.2, -0.15) is 8.42 Å². The van der Waals surface area contributed by atoms with Gasteiger partial charge in [-0.25, -0.2) is 0 Å². The summed E-state index contributed by atoms with van der Waals surface area (Å²) >= 11 is -0.750. The van der Waals surface area contributed by atoms with Crippen LogP contribution in [0.5, 0.6) is 0 Å². The topological polar surface area (TPSA) is 118 Å². The van der Waals surface area contributed by atoms with Crippen LogP contribution >= 0.6 is 0 Å². The molecule has 2 N–H and O–H groups in total. The maximum Gasteiger partial charge on any atom is 0.335 e. The molecular formula is C17H25N3O5S. The van der Waals surface area contributed by atoms with Crippen molar-refractivity contribution >= 4 is 28.9 Å². The zero-order valence-electron chi connectivity index (χ0n) is 15.2. The molecule has 9 heteroatoms. The molecule has 0 aliphatic heterocycles. The lowest BCUT2D eigenvalue weighted by atomic mass is 9.85. The van der Waals surface area contributed by atoms with Gasteiger partial charge in [-0.05, 0) is 58.1 Å². The van der Waals surface area contributed by atoms with Crippen molar-refractivity contribution in [1.82, 2.24) is 5.32 Å². The number of aryl methyl sites for hydroxylation is 1. The Labute approximate surface area is 156 Å². The number of carbonyl (C=O) groups excluding carboxylic acids is 1. The average molecular weight is 383 g/mol. The quantitative estimate of drug-likeness (QED) is 0.596. The summed E-state index contributed by atoms with van der Waals surface area (Å²) in [7, 11) is 0. The van der Waals surface area contributed by atoms with E-state index in [-0.39, 0.29) is 34.5 Å². The zero-order chi connectivity index (χ0) is 19.7. The fraction of sp³-hybridized carbons (Fsp3) is 0.588. The van der Waals surface area contributed by atoms with E-state index in [1.165, 1.54) is 0 Å². The van der Waals surface area contributed by atoms with Crippen molar-refractivity contribution < 1.29 is 18.1 Å². The molecule has 8 nitrogen and oxygen atoms in total. The van der Waals surface area contributed by atoms with Crippen LogP contribution < -0.4 is 10.6 Å². The predicted octanol–water partition coefficient (Wildman–Crippen LogP) is 2.73. The Hall–Kier alpha value is -2.29. The van der Waals surface area contributed by atoms with Gasteiger partial charge in [-0.15, -0.1) is 0 Å². The second-order valence-electron chi connectivity index (χ2n) is 6.70. The Balaban J connectivity index is 0.00000105. The molecule has 144 valence electrons. The minimum absolute atomic E-state index is 0.0583. The van der Waals surface area contributed by atoms with E-state index in [1.54, 1.807) is 12.1 Å². The predicted molar refractivity (Wildman–Crippen MR) is 99.4 cm³/mol. The fourth-order valence-electron chi connectivity index (χ4n) is 3.05. The first-order chi connectivity index (χ1) is 12.3. The number of hydrogen-bond acceptors (Lipinski definition) is 6. The minimum Gasteiger partial charge on any atom is -0.377 e. The van der Waals surface area contributed by atoms with Crippen molar-refractivity contribution in [3.8, 4) is 0 Å². The van der Waals surface area contributed by atoms with Gasteiger partial charge in [0.25, 0.3) is 5.69 Å². The minimum atomic E-state index is -0.750. The number of nitro groups is 1. The number of rotatable bonds is 5. The Bertz CT molecular complexity index is 666. The molecule has 0 atom stereocenters. The van der Waals surface area contributed by atoms with Crippen LogP contribution in [-0.2, 0) is 16.4 Å². The first-order valence-corrected chi connectivity index (χ1v) is 9.18. The van der Waals surface area contributed by atoms with E-state index in [4.69, 9.17) is 8.42 Å². The molecule has 26 heavy (non-hydrogen) atoms. The van der Waals surface area contributed by atoms with Crippen LogP contribution in [0, 0.1) is 23.0 Å². The van der Waals surface area contributed by atoms with Crippen LogP contribution in [0.15, 0.2) is 18.2 Å². The van der Waals surface area contributed by atoms with E-state index in [2.05, 4.69) is 10.6 Å². The van der Waals surface area contributed by atoms with E-state index in [0.29, 0.717) is 5.69 Å². The molecule has 0 bridgehead atoms. The molecule has 0 spiro atoms. The fourth-order valence-corrected chi connectivity index (χ4v) is 3.05. The van der Waals surface area contributed by atoms with Gasteiger partial charge in [0.15, 0.2) is 0 Å². The number of amides is 1. The third-order valence-electron chi connectivity index (χ3n) is 4.24. The second kappa shape index (κ2) is 10.6. The number of nitrogens with zero attached hydrogens (tertiary/aromatic N) is 1. The molecule has 1 amide bonds. The first-order valence-electron chi connectivity index (χ1n) is 8.52. The van der Waals surface area contributed by atoms with E-state index < -0.39 is 11.6 Å². The first kappa shape index (κ1) is 21.8. The van der Waals surface area contributed by atoms with Crippen molar-refractivity contribution in [2.75, 3.05) is 5.32 Å². The van der Waals surface area contributed by atoms with Crippen molar-refractivity contribution in [1.29, 1.82) is 0 Å². The van der Waals surface area contributed by atoms with Crippen molar-refractivity contribution in [2.45, 2.75) is 58.5 Å². The summed E-state index contributed by atoms with van der Waals surface area (Å²) < 4.78 is 16.6. The van der Waals surface area contributed by atoms with Crippen LogP contribution in [0.4, 0.5) is 11.4 Å². The standard InChI is InChI=1S/C17H25N3O3.O2S/c1-11(2)18-17(21)13-5-7-14(8-6-13)19-15-10-12(3)4-9-16(15)20(22)23;1-3-2/h4,9-11,13-14,19H,5-8H2,1-3H3,(H,18,21);. The van der Waals surface area contributed by atoms with E-state index in [1.807, 2.05) is 26.8 Å². The van der Waals surface area contributed by atoms with Gasteiger partial charge in [0, 0.05) is 24.1 Å². The van der Waals surface area contributed by atoms with Gasteiger partial charge in [0.05, 0.1) is 4.92 Å². The molecule has 1 fully saturated rings. The van der Waals surface area contributed by atoms with Crippen molar-refractivity contribution in [3.63, 3.8) is 0 Å². The number of benzene rings is 1. The van der Waals surface area contributed by atoms with Gasteiger partial charge in [-0.3, -0.25) is 14.9 Å². The van der Waals surface area contributed by atoms with Crippen LogP contribution in [0.25, 0.3) is 0 Å². The lowest BCUT2D eigenvalue weighted by molar-refractivity contribution is -0.384. The third-order valence-corrected chi connectivity index (χ3v) is 4.24. The molecule has 2 rings (SSSR count). The summed E-state index contributed by atoms with van der Waals surface area (Å²) in [4.78, 5) is 22.8. The normalized spacial score (nSPS) is 19.1. The molecule has 0 aromatic heterocycles. The van der Waals surface area contributed by atoms with Gasteiger partial charge >= 0.3 is 11.6 Å². The molecule has 1 aliphatic carbocycles. The highest BCUT2D eigenvalue weighted by Crippen LogP contribution is 2.31. The summed E-state index contributed by atoms with van der Waals surface area (Å²) in [6.45, 7) is 5.84. The number of carbonyl (C=O) groups is 1. The smallest absolute Gasteiger partial charge is 0.335 e. The lowest BCUT2D eigenvalue weighted by Crippen LogP contribution is -2.38. The van der Waals surface area contributed by atoms with Gasteiger partial charge in [0.2, 0.25) is 5.91 Å². The maximum atomic E-state index is 12.0. The summed E-state index contributed by atoms with van der Waals surface area (Å²) in [5, 5.41) is 17.4. The van der Waals surface area contributed by atoms with Crippen LogP contribution in [0.3, 0.4) is 0 Å². The van der Waals surface area contributed by atoms with Gasteiger partial charge in [0.1, 0.15) is 5.69 Å². The van der Waals surface area contributed by atoms with Gasteiger partial charge in [-0.1, -0.05) is 6.07 Å². The molecule has 0 saturated heterocycles. The monoisotopic (exact) mass is 383 g/mol. The molecule has 1 aromatic rings. The molecule has 0 heterocycles. The average Bonchev–Trinajstić information content (AvgIpc) is 2.55. The number of anilines is 1. The highest BCUT2D eigenvalue weighted by molar-refractivity contribution is 7.51. The summed E-state index contributed by atoms with van der Waals surface area (Å²) in [6.07, 6.45) is 3.33. The molecule has 0 unspecified atom stereocenters. The lowest BCUT2D eigenvalue weighted by Gasteiger charge is -2.29. The van der Waals surface area contributed by atoms with E-state index in [9.17, 15) is 14.9 Å². The van der Waals surface area contributed by atoms with Gasteiger partial charge < -0.3 is 10.6 Å². The third kappa shape index (κ3) is 6.91. The summed E-state index contributed by atoms with van der Waals surface area (Å²) in [6, 6.07) is 5.44. The number of hydrogen-bond donors (Lipinski definition) is 2. The number of nitrogens with one attached hydrogen (secondary N) is 2. The highest BCUT2D eigenvalue weighted by Gasteiger charge is 2.27. The summed E-state index contributed by atoms with van der Waals surface area (Å²) in [5.41, 5.74) is 1.67. The Morgan fingerprint density at radius 1 is 1.23 bits per heavy atom. The van der Waals surface area contributed by atoms with Crippen molar-refractivity contribution in [2.24, 2.45) is 5.92 Å². The van der Waals surface area contributed by atoms with E-state index in [0.717, 1.165) is 31.2 Å². The molecule has 1 aromatic carbocycles. The second-order valence-corrected chi connectivity index (χ2v) is 6.84. The molecule has 0 radical (unpaired) electrons. The van der Waals surface area contributed by atoms with Crippen LogP contribution in [-0.4, -0.2) is 31.3 Å². The largest absolute Gasteiger partial charge is 0.377 e. The number of nitro benzene ring substituents is 1. The Morgan fingerprint density at radius 2 is 1.81 bits per heavy atom. The Morgan fingerprint density at radius 3 is 2.31 bits per heavy atom. The zero-order valence-corrected chi connectivity index (χ0v) is 16.0. The van der Waals surface area contributed by atoms with Crippen molar-refractivity contribution in [3.05, 3.63) is 33.9 Å². The Kier molecular flexibility index (Phi) is 8.91. The summed E-state index contributed by atoms with van der Waals surface area (Å²) in [5.74, 6) is 0.183.